The maximum Gasteiger partial charge on any atom is 0.279 e. The minimum absolute atomic E-state index is 0. The molecule has 0 unspecified atom stereocenters. The summed E-state index contributed by atoms with van der Waals surface area (Å²) in [5.41, 5.74) is 3.55. The van der Waals surface area contributed by atoms with Gasteiger partial charge in [-0.05, 0) is 56.4 Å². The average molecular weight is 444 g/mol. The summed E-state index contributed by atoms with van der Waals surface area (Å²) in [4.78, 5) is 12.8. The molecule has 1 saturated heterocycles. The molecule has 0 aromatic heterocycles. The van der Waals surface area contributed by atoms with Crippen LogP contribution in [-0.2, 0) is 44.0 Å². The predicted molar refractivity (Wildman–Crippen MR) is 103 cm³/mol. The number of piperidine rings is 1. The Morgan fingerprint density at radius 2 is 1.63 bits per heavy atom. The number of aryl methyl sites for hydroxylation is 2. The third-order valence-corrected chi connectivity index (χ3v) is 5.37. The van der Waals surface area contributed by atoms with Gasteiger partial charge in [0.2, 0.25) is 0 Å². The molecule has 27 heavy (non-hydrogen) atoms. The van der Waals surface area contributed by atoms with Gasteiger partial charge in [0.1, 0.15) is 12.4 Å². The van der Waals surface area contributed by atoms with E-state index in [1.807, 2.05) is 19.9 Å². The van der Waals surface area contributed by atoms with Gasteiger partial charge in [0.25, 0.3) is 5.91 Å². The zero-order valence-electron chi connectivity index (χ0n) is 16.3. The van der Waals surface area contributed by atoms with Gasteiger partial charge in [0, 0.05) is 44.0 Å². The van der Waals surface area contributed by atoms with Gasteiger partial charge >= 0.3 is 0 Å². The molecule has 0 saturated carbocycles. The van der Waals surface area contributed by atoms with E-state index in [1.54, 1.807) is 0 Å². The van der Waals surface area contributed by atoms with Crippen molar-refractivity contribution in [2.45, 2.75) is 39.7 Å². The molecule has 1 amide bonds. The molecule has 5 heteroatoms. The summed E-state index contributed by atoms with van der Waals surface area (Å²) in [5.74, 6) is -0.248. The van der Waals surface area contributed by atoms with Crippen molar-refractivity contribution in [1.82, 2.24) is 0 Å². The van der Waals surface area contributed by atoms with Crippen LogP contribution in [0.25, 0.3) is 0 Å². The molecule has 1 fully saturated rings. The van der Waals surface area contributed by atoms with Crippen LogP contribution in [0, 0.1) is 19.7 Å². The van der Waals surface area contributed by atoms with E-state index in [9.17, 15) is 9.18 Å². The molecule has 1 N–H and O–H groups in total. The smallest absolute Gasteiger partial charge is 0.279 e. The number of likely N-dealkylation sites (tertiary alicyclic amines) is 1. The second kappa shape index (κ2) is 9.90. The zero-order valence-corrected chi connectivity index (χ0v) is 19.1. The molecule has 0 aliphatic carbocycles. The number of carbonyl (C=O) groups is 1. The summed E-state index contributed by atoms with van der Waals surface area (Å²) in [6, 6.07) is 13.4. The zero-order chi connectivity index (χ0) is 18.6. The van der Waals surface area contributed by atoms with Crippen molar-refractivity contribution in [3.63, 3.8) is 0 Å². The fraction of sp³-hybridized carbons (Fsp3) is 0.409. The van der Waals surface area contributed by atoms with Crippen LogP contribution in [0.3, 0.4) is 0 Å². The number of halogens is 1. The number of benzene rings is 2. The van der Waals surface area contributed by atoms with Crippen molar-refractivity contribution in [1.29, 1.82) is 0 Å². The van der Waals surface area contributed by atoms with Crippen LogP contribution < -0.4 is 5.32 Å². The van der Waals surface area contributed by atoms with E-state index < -0.39 is 0 Å². The van der Waals surface area contributed by atoms with E-state index >= 15 is 0 Å². The van der Waals surface area contributed by atoms with Crippen LogP contribution in [0.15, 0.2) is 42.5 Å². The van der Waals surface area contributed by atoms with E-state index in [4.69, 9.17) is 0 Å². The number of quaternary nitrogens is 1. The van der Waals surface area contributed by atoms with Gasteiger partial charge in [0.15, 0.2) is 6.54 Å². The Morgan fingerprint density at radius 1 is 1.04 bits per heavy atom. The summed E-state index contributed by atoms with van der Waals surface area (Å²) in [6.07, 6.45) is 3.57. The minimum Gasteiger partial charge on any atom is -0.321 e. The number of carbonyl (C=O) groups excluding carboxylic acids is 1. The van der Waals surface area contributed by atoms with Crippen molar-refractivity contribution in [3.8, 4) is 0 Å². The fourth-order valence-corrected chi connectivity index (χ4v) is 4.12. The second-order valence-electron chi connectivity index (χ2n) is 7.61. The Kier molecular flexibility index (Phi) is 8.14. The third kappa shape index (κ3) is 5.94. The fourth-order valence-electron chi connectivity index (χ4n) is 4.12. The summed E-state index contributed by atoms with van der Waals surface area (Å²) in [6.45, 7) is 7.08. The summed E-state index contributed by atoms with van der Waals surface area (Å²) < 4.78 is 14.3. The Labute approximate surface area is 186 Å². The van der Waals surface area contributed by atoms with E-state index in [0.717, 1.165) is 53.8 Å². The molecule has 1 radical (unpaired) electrons. The van der Waals surface area contributed by atoms with Gasteiger partial charge in [-0.25, -0.2) is 4.39 Å². The second-order valence-corrected chi connectivity index (χ2v) is 7.61. The maximum absolute atomic E-state index is 13.5. The number of hydrogen-bond acceptors (Lipinski definition) is 1. The van der Waals surface area contributed by atoms with Crippen molar-refractivity contribution in [2.75, 3.05) is 25.0 Å². The molecule has 141 valence electrons. The molecule has 2 aromatic carbocycles. The van der Waals surface area contributed by atoms with E-state index in [-0.39, 0.29) is 44.4 Å². The number of rotatable bonds is 5. The average Bonchev–Trinajstić information content (AvgIpc) is 2.59. The molecule has 1 aliphatic heterocycles. The quantitative estimate of drug-likeness (QED) is 0.673. The molecule has 1 heterocycles. The van der Waals surface area contributed by atoms with Crippen molar-refractivity contribution >= 4 is 11.6 Å². The van der Waals surface area contributed by atoms with Crippen LogP contribution in [0.4, 0.5) is 10.1 Å². The first kappa shape index (κ1) is 22.2. The standard InChI is InChI=1S/C22H27FN2O.Y/c1-17-13-20(23)14-18(2)22(17)24-21(26)16-25(11-7-4-8-12-25)15-19-9-5-3-6-10-19;/h3,5-6,9-10,13-14H,4,7-8,11-12,15-16H2,1-2H3;/p+1. The van der Waals surface area contributed by atoms with Crippen LogP contribution in [0.1, 0.15) is 36.0 Å². The van der Waals surface area contributed by atoms with Gasteiger partial charge in [-0.3, -0.25) is 4.79 Å². The predicted octanol–water partition coefficient (Wildman–Crippen LogP) is 4.58. The molecular weight excluding hydrogens is 416 g/mol. The van der Waals surface area contributed by atoms with E-state index in [2.05, 4.69) is 29.6 Å². The Balaban J connectivity index is 0.00000261. The van der Waals surface area contributed by atoms with Gasteiger partial charge in [-0.15, -0.1) is 0 Å². The number of hydrogen-bond donors (Lipinski definition) is 1. The normalized spacial score (nSPS) is 15.7. The molecular formula is C22H28FN2OY+. The number of amides is 1. The summed E-state index contributed by atoms with van der Waals surface area (Å²) in [5, 5.41) is 3.04. The SMILES string of the molecule is Cc1cc(F)cc(C)c1NC(=O)C[N+]1(Cc2ccccc2)CCCCC1.[Y]. The van der Waals surface area contributed by atoms with Crippen LogP contribution in [-0.4, -0.2) is 30.0 Å². The Hall–Kier alpha value is -1.10. The molecule has 0 spiro atoms. The van der Waals surface area contributed by atoms with E-state index in [0.29, 0.717) is 6.54 Å². The Morgan fingerprint density at radius 3 is 2.22 bits per heavy atom. The van der Waals surface area contributed by atoms with Crippen LogP contribution in [0.5, 0.6) is 0 Å². The third-order valence-electron chi connectivity index (χ3n) is 5.37. The van der Waals surface area contributed by atoms with Gasteiger partial charge in [0.05, 0.1) is 13.1 Å². The van der Waals surface area contributed by atoms with E-state index in [1.165, 1.54) is 24.1 Å². The largest absolute Gasteiger partial charge is 0.321 e. The summed E-state index contributed by atoms with van der Waals surface area (Å²) in [7, 11) is 0. The molecule has 2 aromatic rings. The van der Waals surface area contributed by atoms with Crippen LogP contribution in [0.2, 0.25) is 0 Å². The maximum atomic E-state index is 13.5. The molecule has 1 aliphatic rings. The van der Waals surface area contributed by atoms with Crippen LogP contribution >= 0.6 is 0 Å². The summed E-state index contributed by atoms with van der Waals surface area (Å²) >= 11 is 0. The van der Waals surface area contributed by atoms with Crippen molar-refractivity contribution in [3.05, 3.63) is 65.0 Å². The first-order valence-corrected chi connectivity index (χ1v) is 9.43. The molecule has 0 bridgehead atoms. The van der Waals surface area contributed by atoms with Crippen molar-refractivity contribution < 1.29 is 46.4 Å². The molecule has 0 atom stereocenters. The molecule has 3 nitrogen and oxygen atoms in total. The molecule has 3 rings (SSSR count). The van der Waals surface area contributed by atoms with Gasteiger partial charge in [-0.1, -0.05) is 30.3 Å². The first-order valence-electron chi connectivity index (χ1n) is 9.43. The first-order chi connectivity index (χ1) is 12.5. The monoisotopic (exact) mass is 444 g/mol. The minimum atomic E-state index is -0.262. The number of nitrogens with one attached hydrogen (secondary N) is 1. The Bertz CT molecular complexity index is 750. The number of nitrogens with zero attached hydrogens (tertiary/aromatic N) is 1. The number of anilines is 1. The van der Waals surface area contributed by atoms with Crippen molar-refractivity contribution in [2.24, 2.45) is 0 Å². The van der Waals surface area contributed by atoms with Gasteiger partial charge in [-0.2, -0.15) is 0 Å². The topological polar surface area (TPSA) is 29.1 Å². The van der Waals surface area contributed by atoms with Gasteiger partial charge < -0.3 is 9.80 Å².